The number of hydrogen-bond donors (Lipinski definition) is 0. The largest absolute Gasteiger partial charge is 0.497 e. The number of ether oxygens (including phenoxy) is 3. The predicted octanol–water partition coefficient (Wildman–Crippen LogP) is 4.22. The summed E-state index contributed by atoms with van der Waals surface area (Å²) in [6.45, 7) is 8.30. The van der Waals surface area contributed by atoms with Gasteiger partial charge in [-0.3, -0.25) is 14.5 Å². The first-order valence-electron chi connectivity index (χ1n) is 13.4. The van der Waals surface area contributed by atoms with Crippen LogP contribution in [0.15, 0.2) is 48.5 Å². The fraction of sp³-hybridized carbons (Fsp3) is 0.433. The van der Waals surface area contributed by atoms with Crippen molar-refractivity contribution >= 4 is 29.4 Å². The summed E-state index contributed by atoms with van der Waals surface area (Å²) < 4.78 is 18.4. The lowest BCUT2D eigenvalue weighted by Gasteiger charge is -2.30. The van der Waals surface area contributed by atoms with Crippen LogP contribution in [0.3, 0.4) is 0 Å². The molecule has 2 amide bonds. The van der Waals surface area contributed by atoms with Gasteiger partial charge in [0.05, 0.1) is 49.8 Å². The van der Waals surface area contributed by atoms with Gasteiger partial charge in [-0.1, -0.05) is 39.0 Å². The van der Waals surface area contributed by atoms with Crippen LogP contribution in [0.5, 0.6) is 11.5 Å². The molecule has 1 fully saturated rings. The lowest BCUT2D eigenvalue weighted by molar-refractivity contribution is -0.134. The highest BCUT2D eigenvalue weighted by Gasteiger charge is 2.41. The van der Waals surface area contributed by atoms with E-state index in [1.54, 1.807) is 24.0 Å². The summed E-state index contributed by atoms with van der Waals surface area (Å²) >= 11 is 1.54. The molecule has 212 valence electrons. The molecule has 40 heavy (non-hydrogen) atoms. The minimum atomic E-state index is -0.351. The number of amides is 2. The lowest BCUT2D eigenvalue weighted by atomic mass is 9.87. The van der Waals surface area contributed by atoms with Gasteiger partial charge in [-0.05, 0) is 30.3 Å². The van der Waals surface area contributed by atoms with Crippen molar-refractivity contribution in [1.29, 1.82) is 0 Å². The Morgan fingerprint density at radius 2 is 1.75 bits per heavy atom. The summed E-state index contributed by atoms with van der Waals surface area (Å²) in [7, 11) is 3.28. The second kappa shape index (κ2) is 11.5. The van der Waals surface area contributed by atoms with Crippen molar-refractivity contribution in [1.82, 2.24) is 14.7 Å². The van der Waals surface area contributed by atoms with Crippen LogP contribution >= 0.6 is 11.8 Å². The Bertz CT molecular complexity index is 1380. The second-order valence-electron chi connectivity index (χ2n) is 10.9. The highest BCUT2D eigenvalue weighted by Crippen LogP contribution is 2.50. The fourth-order valence-corrected chi connectivity index (χ4v) is 6.38. The number of morpholine rings is 1. The van der Waals surface area contributed by atoms with E-state index in [0.717, 1.165) is 34.0 Å². The van der Waals surface area contributed by atoms with Crippen LogP contribution in [0.2, 0.25) is 0 Å². The maximum atomic E-state index is 13.9. The first-order chi connectivity index (χ1) is 19.2. The van der Waals surface area contributed by atoms with Crippen LogP contribution in [-0.4, -0.2) is 79.3 Å². The van der Waals surface area contributed by atoms with Gasteiger partial charge in [0.2, 0.25) is 11.8 Å². The zero-order chi connectivity index (χ0) is 28.4. The Balaban J connectivity index is 1.74. The molecule has 9 nitrogen and oxygen atoms in total. The molecule has 0 N–H and O–H groups in total. The third kappa shape index (κ3) is 5.42. The Labute approximate surface area is 239 Å². The number of rotatable bonds is 6. The number of benzene rings is 2. The van der Waals surface area contributed by atoms with Gasteiger partial charge in [0, 0.05) is 29.6 Å². The van der Waals surface area contributed by atoms with Gasteiger partial charge in [-0.25, -0.2) is 4.68 Å². The average Bonchev–Trinajstić information content (AvgIpc) is 3.31. The van der Waals surface area contributed by atoms with Crippen molar-refractivity contribution in [2.45, 2.75) is 31.4 Å². The third-order valence-electron chi connectivity index (χ3n) is 7.19. The SMILES string of the molecule is COc1ccc(-n2nc(C(C)(C)C)c3c2N(CC(=O)N2CCOCC2)C(=O)CS[C@@H]3c2ccccc2OC)cc1. The number of thioether (sulfide) groups is 1. The standard InChI is InChI=1S/C30H36N4O5S/c1-30(2,3)28-26-27(22-8-6-7-9-23(22)38-5)40-19-25(36)33(18-24(35)32-14-16-39-17-15-32)29(26)34(31-28)20-10-12-21(37-4)13-11-20/h6-13,27H,14-19H2,1-5H3/t27-/m1/s1. The summed E-state index contributed by atoms with van der Waals surface area (Å²) in [4.78, 5) is 30.8. The molecule has 2 aliphatic heterocycles. The molecule has 0 unspecified atom stereocenters. The number of fused-ring (bicyclic) bond motifs is 1. The number of hydrogen-bond acceptors (Lipinski definition) is 7. The van der Waals surface area contributed by atoms with E-state index in [1.165, 1.54) is 11.8 Å². The number of para-hydroxylation sites is 1. The number of carbonyl (C=O) groups is 2. The third-order valence-corrected chi connectivity index (χ3v) is 8.43. The van der Waals surface area contributed by atoms with E-state index in [9.17, 15) is 9.59 Å². The van der Waals surface area contributed by atoms with E-state index in [2.05, 4.69) is 20.8 Å². The van der Waals surface area contributed by atoms with E-state index in [4.69, 9.17) is 19.3 Å². The first kappa shape index (κ1) is 28.0. The van der Waals surface area contributed by atoms with Gasteiger partial charge in [-0.2, -0.15) is 5.10 Å². The van der Waals surface area contributed by atoms with Crippen molar-refractivity contribution in [3.63, 3.8) is 0 Å². The Morgan fingerprint density at radius 1 is 1.05 bits per heavy atom. The summed E-state index contributed by atoms with van der Waals surface area (Å²) in [5.74, 6) is 2.04. The average molecular weight is 565 g/mol. The van der Waals surface area contributed by atoms with E-state index in [-0.39, 0.29) is 34.8 Å². The highest BCUT2D eigenvalue weighted by atomic mass is 32.2. The quantitative estimate of drug-likeness (QED) is 0.443. The van der Waals surface area contributed by atoms with Crippen LogP contribution in [-0.2, 0) is 19.7 Å². The molecule has 2 aliphatic rings. The number of aromatic nitrogens is 2. The van der Waals surface area contributed by atoms with Crippen LogP contribution in [0.4, 0.5) is 5.82 Å². The minimum Gasteiger partial charge on any atom is -0.497 e. The molecular formula is C30H36N4O5S. The molecule has 3 heterocycles. The molecule has 0 spiro atoms. The van der Waals surface area contributed by atoms with E-state index >= 15 is 0 Å². The van der Waals surface area contributed by atoms with Crippen LogP contribution in [0.25, 0.3) is 5.69 Å². The minimum absolute atomic E-state index is 0.0729. The summed E-state index contributed by atoms with van der Waals surface area (Å²) in [5.41, 5.74) is 3.16. The molecule has 1 aromatic heterocycles. The molecule has 0 saturated carbocycles. The van der Waals surface area contributed by atoms with Gasteiger partial charge in [0.1, 0.15) is 23.9 Å². The number of anilines is 1. The van der Waals surface area contributed by atoms with Gasteiger partial charge in [-0.15, -0.1) is 11.8 Å². The van der Waals surface area contributed by atoms with Crippen molar-refractivity contribution in [3.05, 3.63) is 65.4 Å². The summed E-state index contributed by atoms with van der Waals surface area (Å²) in [6.07, 6.45) is 0. The highest BCUT2D eigenvalue weighted by molar-refractivity contribution is 8.00. The van der Waals surface area contributed by atoms with Crippen molar-refractivity contribution < 1.29 is 23.8 Å². The van der Waals surface area contributed by atoms with Gasteiger partial charge >= 0.3 is 0 Å². The molecule has 10 heteroatoms. The van der Waals surface area contributed by atoms with Crippen molar-refractivity contribution in [2.24, 2.45) is 0 Å². The number of methoxy groups -OCH3 is 2. The first-order valence-corrected chi connectivity index (χ1v) is 14.5. The van der Waals surface area contributed by atoms with E-state index < -0.39 is 0 Å². The molecule has 2 aromatic carbocycles. The van der Waals surface area contributed by atoms with Crippen molar-refractivity contribution in [2.75, 3.05) is 57.7 Å². The molecule has 1 atom stereocenters. The molecule has 3 aromatic rings. The van der Waals surface area contributed by atoms with Crippen LogP contribution < -0.4 is 14.4 Å². The van der Waals surface area contributed by atoms with Gasteiger partial charge in [0.15, 0.2) is 0 Å². The normalized spacial score (nSPS) is 17.8. The molecule has 0 bridgehead atoms. The zero-order valence-electron chi connectivity index (χ0n) is 23.7. The smallest absolute Gasteiger partial charge is 0.242 e. The second-order valence-corrected chi connectivity index (χ2v) is 11.9. The topological polar surface area (TPSA) is 86.1 Å². The molecule has 5 rings (SSSR count). The number of carbonyl (C=O) groups excluding carboxylic acids is 2. The Hall–Kier alpha value is -3.50. The Kier molecular flexibility index (Phi) is 8.09. The number of nitrogens with zero attached hydrogens (tertiary/aromatic N) is 4. The van der Waals surface area contributed by atoms with Crippen LogP contribution in [0, 0.1) is 0 Å². The van der Waals surface area contributed by atoms with E-state index in [0.29, 0.717) is 32.1 Å². The summed E-state index contributed by atoms with van der Waals surface area (Å²) in [5, 5.41) is 4.91. The maximum absolute atomic E-state index is 13.9. The monoisotopic (exact) mass is 564 g/mol. The molecule has 1 saturated heterocycles. The zero-order valence-corrected chi connectivity index (χ0v) is 24.5. The van der Waals surface area contributed by atoms with Crippen molar-refractivity contribution in [3.8, 4) is 17.2 Å². The fourth-order valence-electron chi connectivity index (χ4n) is 5.15. The Morgan fingerprint density at radius 3 is 2.40 bits per heavy atom. The van der Waals surface area contributed by atoms with Crippen LogP contribution in [0.1, 0.15) is 42.8 Å². The predicted molar refractivity (Wildman–Crippen MR) is 156 cm³/mol. The summed E-state index contributed by atoms with van der Waals surface area (Å²) in [6, 6.07) is 15.5. The molecular weight excluding hydrogens is 528 g/mol. The van der Waals surface area contributed by atoms with Gasteiger partial charge < -0.3 is 19.1 Å². The molecule has 0 aliphatic carbocycles. The van der Waals surface area contributed by atoms with Gasteiger partial charge in [0.25, 0.3) is 0 Å². The lowest BCUT2D eigenvalue weighted by Crippen LogP contribution is -2.48. The molecule has 0 radical (unpaired) electrons. The van der Waals surface area contributed by atoms with E-state index in [1.807, 2.05) is 53.2 Å². The maximum Gasteiger partial charge on any atom is 0.242 e.